The van der Waals surface area contributed by atoms with Gasteiger partial charge in [-0.15, -0.1) is 0 Å². The van der Waals surface area contributed by atoms with Crippen LogP contribution in [-0.2, 0) is 7.05 Å². The molecular formula is C9H7ClN2O2. The number of hydrogen-bond donors (Lipinski definition) is 1. The molecule has 14 heavy (non-hydrogen) atoms. The zero-order valence-electron chi connectivity index (χ0n) is 7.36. The molecule has 0 fully saturated rings. The molecule has 1 N–H and O–H groups in total. The smallest absolute Gasteiger partial charge is 0.335 e. The summed E-state index contributed by atoms with van der Waals surface area (Å²) in [6.45, 7) is 0. The van der Waals surface area contributed by atoms with E-state index in [4.69, 9.17) is 16.7 Å². The lowest BCUT2D eigenvalue weighted by Crippen LogP contribution is -1.97. The van der Waals surface area contributed by atoms with Gasteiger partial charge in [-0.1, -0.05) is 11.6 Å². The quantitative estimate of drug-likeness (QED) is 0.783. The number of halogens is 1. The van der Waals surface area contributed by atoms with E-state index in [0.29, 0.717) is 5.02 Å². The summed E-state index contributed by atoms with van der Waals surface area (Å²) in [6, 6.07) is 2.98. The summed E-state index contributed by atoms with van der Waals surface area (Å²) in [6.07, 6.45) is 1.61. The molecule has 2 aromatic rings. The number of carboxylic acid groups (broad SMARTS) is 1. The van der Waals surface area contributed by atoms with Crippen LogP contribution in [0, 0.1) is 0 Å². The number of nitrogens with zero attached hydrogens (tertiary/aromatic N) is 2. The van der Waals surface area contributed by atoms with Crippen LogP contribution >= 0.6 is 11.6 Å². The fraction of sp³-hybridized carbons (Fsp3) is 0.111. The first kappa shape index (κ1) is 9.02. The van der Waals surface area contributed by atoms with E-state index in [-0.39, 0.29) is 5.56 Å². The van der Waals surface area contributed by atoms with Crippen molar-refractivity contribution in [1.29, 1.82) is 0 Å². The van der Waals surface area contributed by atoms with E-state index in [1.54, 1.807) is 24.0 Å². The Balaban J connectivity index is 2.82. The Labute approximate surface area is 84.7 Å². The van der Waals surface area contributed by atoms with Crippen LogP contribution in [0.2, 0.25) is 5.02 Å². The van der Waals surface area contributed by atoms with Gasteiger partial charge >= 0.3 is 5.97 Å². The van der Waals surface area contributed by atoms with Gasteiger partial charge in [-0.05, 0) is 12.1 Å². The van der Waals surface area contributed by atoms with E-state index >= 15 is 0 Å². The monoisotopic (exact) mass is 210 g/mol. The van der Waals surface area contributed by atoms with Gasteiger partial charge in [0.1, 0.15) is 0 Å². The third-order valence-electron chi connectivity index (χ3n) is 2.06. The van der Waals surface area contributed by atoms with Crippen molar-refractivity contribution in [1.82, 2.24) is 9.78 Å². The fourth-order valence-corrected chi connectivity index (χ4v) is 1.59. The molecule has 0 unspecified atom stereocenters. The van der Waals surface area contributed by atoms with Crippen LogP contribution in [0.15, 0.2) is 18.3 Å². The van der Waals surface area contributed by atoms with Crippen molar-refractivity contribution in [2.24, 2.45) is 7.05 Å². The lowest BCUT2D eigenvalue weighted by atomic mass is 10.1. The summed E-state index contributed by atoms with van der Waals surface area (Å²) in [5, 5.41) is 14.0. The number of benzene rings is 1. The molecule has 0 aliphatic rings. The van der Waals surface area contributed by atoms with Crippen molar-refractivity contribution < 1.29 is 9.90 Å². The highest BCUT2D eigenvalue weighted by Gasteiger charge is 2.10. The molecule has 4 nitrogen and oxygen atoms in total. The molecule has 0 spiro atoms. The summed E-state index contributed by atoms with van der Waals surface area (Å²) in [5.74, 6) is -0.991. The number of hydrogen-bond acceptors (Lipinski definition) is 2. The van der Waals surface area contributed by atoms with Gasteiger partial charge in [-0.25, -0.2) is 4.79 Å². The van der Waals surface area contributed by atoms with Gasteiger partial charge in [-0.3, -0.25) is 4.68 Å². The molecule has 0 saturated carbocycles. The van der Waals surface area contributed by atoms with Crippen LogP contribution < -0.4 is 0 Å². The number of aromatic carboxylic acids is 1. The number of rotatable bonds is 1. The van der Waals surface area contributed by atoms with E-state index in [9.17, 15) is 4.79 Å². The number of carbonyl (C=O) groups is 1. The normalized spacial score (nSPS) is 10.7. The molecule has 0 amide bonds. The molecule has 0 bridgehead atoms. The molecule has 0 aliphatic heterocycles. The van der Waals surface area contributed by atoms with Crippen molar-refractivity contribution in [2.45, 2.75) is 0 Å². The van der Waals surface area contributed by atoms with Gasteiger partial charge in [0.15, 0.2) is 0 Å². The van der Waals surface area contributed by atoms with Gasteiger partial charge in [0.25, 0.3) is 0 Å². The maximum atomic E-state index is 10.7. The highest BCUT2D eigenvalue weighted by atomic mass is 35.5. The molecule has 0 atom stereocenters. The van der Waals surface area contributed by atoms with Crippen molar-refractivity contribution in [2.75, 3.05) is 0 Å². The Morgan fingerprint density at radius 1 is 1.57 bits per heavy atom. The topological polar surface area (TPSA) is 55.1 Å². The lowest BCUT2D eigenvalue weighted by molar-refractivity contribution is 0.0697. The second-order valence-corrected chi connectivity index (χ2v) is 3.37. The first-order chi connectivity index (χ1) is 6.59. The maximum absolute atomic E-state index is 10.7. The summed E-state index contributed by atoms with van der Waals surface area (Å²) in [4.78, 5) is 10.7. The third-order valence-corrected chi connectivity index (χ3v) is 2.38. The Morgan fingerprint density at radius 2 is 2.29 bits per heavy atom. The Morgan fingerprint density at radius 3 is 2.93 bits per heavy atom. The zero-order chi connectivity index (χ0) is 10.3. The van der Waals surface area contributed by atoms with Crippen LogP contribution in [0.1, 0.15) is 10.4 Å². The second kappa shape index (κ2) is 2.99. The Bertz CT molecular complexity index is 519. The van der Waals surface area contributed by atoms with Crippen LogP contribution in [0.3, 0.4) is 0 Å². The maximum Gasteiger partial charge on any atom is 0.335 e. The molecule has 0 aliphatic carbocycles. The first-order valence-corrected chi connectivity index (χ1v) is 4.32. The average molecular weight is 211 g/mol. The molecule has 5 heteroatoms. The van der Waals surface area contributed by atoms with Crippen molar-refractivity contribution in [3.8, 4) is 0 Å². The number of carboxylic acids is 1. The summed E-state index contributed by atoms with van der Waals surface area (Å²) in [7, 11) is 1.74. The third kappa shape index (κ3) is 1.24. The van der Waals surface area contributed by atoms with E-state index in [1.807, 2.05) is 0 Å². The first-order valence-electron chi connectivity index (χ1n) is 3.94. The number of aryl methyl sites for hydroxylation is 1. The molecule has 0 saturated heterocycles. The second-order valence-electron chi connectivity index (χ2n) is 2.96. The SMILES string of the molecule is Cn1ncc2c(Cl)cc(C(=O)O)cc21. The van der Waals surface area contributed by atoms with Crippen molar-refractivity contribution >= 4 is 28.5 Å². The summed E-state index contributed by atoms with van der Waals surface area (Å²) in [5.41, 5.74) is 0.890. The predicted molar refractivity (Wildman–Crippen MR) is 52.7 cm³/mol. The minimum absolute atomic E-state index is 0.172. The average Bonchev–Trinajstić information content (AvgIpc) is 2.48. The van der Waals surface area contributed by atoms with Gasteiger partial charge in [0.2, 0.25) is 0 Å². The van der Waals surface area contributed by atoms with Gasteiger partial charge in [-0.2, -0.15) is 5.10 Å². The molecule has 1 aromatic heterocycles. The highest BCUT2D eigenvalue weighted by molar-refractivity contribution is 6.35. The largest absolute Gasteiger partial charge is 0.478 e. The van der Waals surface area contributed by atoms with E-state index < -0.39 is 5.97 Å². The van der Waals surface area contributed by atoms with E-state index in [1.165, 1.54) is 6.07 Å². The zero-order valence-corrected chi connectivity index (χ0v) is 8.12. The molecule has 0 radical (unpaired) electrons. The number of aromatic nitrogens is 2. The Hall–Kier alpha value is -1.55. The van der Waals surface area contributed by atoms with Crippen LogP contribution in [0.5, 0.6) is 0 Å². The minimum atomic E-state index is -0.991. The van der Waals surface area contributed by atoms with Crippen LogP contribution in [0.25, 0.3) is 10.9 Å². The summed E-state index contributed by atoms with van der Waals surface area (Å²) >= 11 is 5.90. The van der Waals surface area contributed by atoms with Gasteiger partial charge in [0, 0.05) is 12.4 Å². The van der Waals surface area contributed by atoms with Gasteiger partial charge < -0.3 is 5.11 Å². The van der Waals surface area contributed by atoms with Crippen molar-refractivity contribution in [3.05, 3.63) is 28.9 Å². The fourth-order valence-electron chi connectivity index (χ4n) is 1.33. The van der Waals surface area contributed by atoms with Crippen LogP contribution in [-0.4, -0.2) is 20.9 Å². The van der Waals surface area contributed by atoms with E-state index in [0.717, 1.165) is 10.9 Å². The molecule has 72 valence electrons. The molecule has 1 heterocycles. The van der Waals surface area contributed by atoms with E-state index in [2.05, 4.69) is 5.10 Å². The van der Waals surface area contributed by atoms with Gasteiger partial charge in [0.05, 0.1) is 22.3 Å². The number of fused-ring (bicyclic) bond motifs is 1. The van der Waals surface area contributed by atoms with Crippen molar-refractivity contribution in [3.63, 3.8) is 0 Å². The molecular weight excluding hydrogens is 204 g/mol. The molecule has 2 rings (SSSR count). The minimum Gasteiger partial charge on any atom is -0.478 e. The lowest BCUT2D eigenvalue weighted by Gasteiger charge is -1.99. The summed E-state index contributed by atoms with van der Waals surface area (Å²) < 4.78 is 1.59. The molecule has 1 aromatic carbocycles. The standard InChI is InChI=1S/C9H7ClN2O2/c1-12-8-3-5(9(13)14)2-7(10)6(8)4-11-12/h2-4H,1H3,(H,13,14). The predicted octanol–water partition coefficient (Wildman–Crippen LogP) is 1.92. The highest BCUT2D eigenvalue weighted by Crippen LogP contribution is 2.24. The Kier molecular flexibility index (Phi) is 1.93. The van der Waals surface area contributed by atoms with Crippen LogP contribution in [0.4, 0.5) is 0 Å².